The monoisotopic (exact) mass is 773 g/mol. The second kappa shape index (κ2) is 20.0. The van der Waals surface area contributed by atoms with Crippen molar-refractivity contribution in [2.24, 2.45) is 11.3 Å². The minimum Gasteiger partial charge on any atom is -0.460 e. The number of fused-ring (bicyclic) bond motifs is 3. The molecule has 2 heterocycles. The summed E-state index contributed by atoms with van der Waals surface area (Å²) < 4.78 is 63.9. The molecule has 0 saturated heterocycles. The highest BCUT2D eigenvalue weighted by Gasteiger charge is 2.42. The van der Waals surface area contributed by atoms with E-state index in [-0.39, 0.29) is 66.7 Å². The lowest BCUT2D eigenvalue weighted by atomic mass is 9.73. The Bertz CT molecular complexity index is 1920. The minimum atomic E-state index is -4.48. The lowest BCUT2D eigenvalue weighted by Crippen LogP contribution is -2.45. The number of ketones is 1. The van der Waals surface area contributed by atoms with Crippen LogP contribution in [0.25, 0.3) is 10.9 Å². The molecule has 5 rings (SSSR count). The molecule has 11 nitrogen and oxygen atoms in total. The average Bonchev–Trinajstić information content (AvgIpc) is 3.79. The van der Waals surface area contributed by atoms with Crippen LogP contribution in [-0.2, 0) is 44.6 Å². The SMILES string of the molecule is CC(=O)CNC(=O)Cc1ccccc1F.CCCC.CCOC(=O)c1noc(C(NC(=O)[C@]2(C)CCc3[nH]c4c(C(F)(F)F)cccc4c3C2)[C@@H](C)CC)n1. The number of Topliss-reactive ketones (excluding diaryl/α,β-unsaturated/α-hetero) is 1. The van der Waals surface area contributed by atoms with E-state index in [4.69, 9.17) is 9.26 Å². The fraction of sp³-hybridized carbons (Fsp3) is 0.500. The van der Waals surface area contributed by atoms with Crippen molar-refractivity contribution in [1.29, 1.82) is 0 Å². The number of halogens is 4. The van der Waals surface area contributed by atoms with Crippen molar-refractivity contribution in [2.75, 3.05) is 13.2 Å². The number of unbranched alkanes of at least 4 members (excludes halogenated alkanes) is 1. The van der Waals surface area contributed by atoms with Gasteiger partial charge in [0, 0.05) is 11.1 Å². The van der Waals surface area contributed by atoms with Gasteiger partial charge in [-0.2, -0.15) is 18.2 Å². The Morgan fingerprint density at radius 2 is 1.73 bits per heavy atom. The van der Waals surface area contributed by atoms with E-state index in [0.717, 1.165) is 17.3 Å². The lowest BCUT2D eigenvalue weighted by molar-refractivity contribution is -0.136. The van der Waals surface area contributed by atoms with Gasteiger partial charge in [0.15, 0.2) is 0 Å². The van der Waals surface area contributed by atoms with Crippen molar-refractivity contribution in [1.82, 2.24) is 25.8 Å². The quantitative estimate of drug-likeness (QED) is 0.0966. The van der Waals surface area contributed by atoms with Gasteiger partial charge in [-0.05, 0) is 67.4 Å². The molecule has 0 fully saturated rings. The zero-order valence-corrected chi connectivity index (χ0v) is 32.4. The van der Waals surface area contributed by atoms with E-state index in [1.54, 1.807) is 31.2 Å². The van der Waals surface area contributed by atoms with Crippen LogP contribution in [0.5, 0.6) is 0 Å². The van der Waals surface area contributed by atoms with Crippen LogP contribution < -0.4 is 10.6 Å². The Morgan fingerprint density at radius 3 is 2.33 bits per heavy atom. The molecule has 3 atom stereocenters. The first-order valence-electron chi connectivity index (χ1n) is 18.5. The van der Waals surface area contributed by atoms with Crippen molar-refractivity contribution in [3.63, 3.8) is 0 Å². The maximum absolute atomic E-state index is 13.6. The van der Waals surface area contributed by atoms with Crippen LogP contribution in [0.1, 0.15) is 119 Å². The van der Waals surface area contributed by atoms with E-state index < -0.39 is 35.0 Å². The van der Waals surface area contributed by atoms with Crippen LogP contribution in [0.3, 0.4) is 0 Å². The minimum absolute atomic E-state index is 0.00666. The number of ether oxygens (including phenoxy) is 1. The summed E-state index contributed by atoms with van der Waals surface area (Å²) in [5, 5.41) is 9.58. The summed E-state index contributed by atoms with van der Waals surface area (Å²) in [6.45, 7) is 13.2. The molecule has 1 unspecified atom stereocenters. The fourth-order valence-electron chi connectivity index (χ4n) is 5.79. The number of carbonyl (C=O) groups excluding carboxylic acids is 4. The van der Waals surface area contributed by atoms with E-state index in [1.807, 2.05) is 20.8 Å². The molecule has 15 heteroatoms. The number of para-hydroxylation sites is 1. The van der Waals surface area contributed by atoms with E-state index in [2.05, 4.69) is 39.6 Å². The smallest absolute Gasteiger partial charge is 0.418 e. The molecule has 0 bridgehead atoms. The number of benzene rings is 2. The predicted octanol–water partition coefficient (Wildman–Crippen LogP) is 8.02. The summed E-state index contributed by atoms with van der Waals surface area (Å²) in [6, 6.07) is 9.53. The number of nitrogens with zero attached hydrogens (tertiary/aromatic N) is 2. The van der Waals surface area contributed by atoms with Gasteiger partial charge in [-0.1, -0.05) is 84.2 Å². The molecule has 0 saturated carbocycles. The number of hydrogen-bond acceptors (Lipinski definition) is 8. The van der Waals surface area contributed by atoms with Crippen LogP contribution in [0.4, 0.5) is 17.6 Å². The lowest BCUT2D eigenvalue weighted by Gasteiger charge is -2.34. The molecular weight excluding hydrogens is 722 g/mol. The molecule has 0 radical (unpaired) electrons. The van der Waals surface area contributed by atoms with Crippen molar-refractivity contribution in [3.8, 4) is 0 Å². The first kappa shape index (κ1) is 44.3. The third kappa shape index (κ3) is 12.0. The molecule has 55 heavy (non-hydrogen) atoms. The second-order valence-electron chi connectivity index (χ2n) is 13.8. The van der Waals surface area contributed by atoms with Gasteiger partial charge in [0.2, 0.25) is 17.7 Å². The normalized spacial score (nSPS) is 16.0. The van der Waals surface area contributed by atoms with Crippen molar-refractivity contribution >= 4 is 34.5 Å². The Balaban J connectivity index is 0.000000354. The standard InChI is InChI=1S/C25H29F3N4O4.C11H12FNO2.C4H10/c1-5-13(3)18(21-31-20(32-36-21)22(33)35-6-2)30-23(34)24(4)11-10-17-15(12-24)14-8-7-9-16(19(14)29-17)25(26,27)28;1-8(14)7-13-11(15)6-9-4-2-3-5-10(9)12;1-3-4-2/h7-9,13,18,29H,5-6,10-12H2,1-4H3,(H,30,34);2-5H,6-7H2,1H3,(H,13,15);3-4H2,1-2H3/t13-,18?,24+;;/m0../s1. The van der Waals surface area contributed by atoms with Crippen molar-refractivity contribution < 1.29 is 46.0 Å². The summed E-state index contributed by atoms with van der Waals surface area (Å²) in [4.78, 5) is 54.5. The maximum Gasteiger partial charge on any atom is 0.418 e. The Kier molecular flexibility index (Phi) is 16.1. The zero-order valence-electron chi connectivity index (χ0n) is 32.4. The molecule has 4 aromatic rings. The number of carbonyl (C=O) groups is 4. The highest BCUT2D eigenvalue weighted by atomic mass is 19.4. The van der Waals surface area contributed by atoms with Gasteiger partial charge in [-0.25, -0.2) is 9.18 Å². The number of nitrogens with one attached hydrogen (secondary N) is 3. The van der Waals surface area contributed by atoms with Crippen LogP contribution in [0.2, 0.25) is 0 Å². The van der Waals surface area contributed by atoms with Gasteiger partial charge in [-0.3, -0.25) is 14.4 Å². The average molecular weight is 774 g/mol. The van der Waals surface area contributed by atoms with Gasteiger partial charge in [-0.15, -0.1) is 0 Å². The molecule has 1 aliphatic rings. The Morgan fingerprint density at radius 1 is 1.04 bits per heavy atom. The second-order valence-corrected chi connectivity index (χ2v) is 13.8. The van der Waals surface area contributed by atoms with E-state index in [9.17, 15) is 36.7 Å². The highest BCUT2D eigenvalue weighted by Crippen LogP contribution is 2.43. The van der Waals surface area contributed by atoms with E-state index >= 15 is 0 Å². The molecule has 2 aromatic heterocycles. The van der Waals surface area contributed by atoms with Gasteiger partial charge in [0.25, 0.3) is 5.82 Å². The van der Waals surface area contributed by atoms with Crippen LogP contribution in [-0.4, -0.2) is 51.8 Å². The number of aromatic amines is 1. The Labute approximate surface area is 318 Å². The summed E-state index contributed by atoms with van der Waals surface area (Å²) in [5.41, 5.74) is 0.245. The van der Waals surface area contributed by atoms with Gasteiger partial charge in [0.1, 0.15) is 17.6 Å². The Hall–Kier alpha value is -5.08. The molecule has 2 aromatic carbocycles. The topological polar surface area (TPSA) is 156 Å². The summed E-state index contributed by atoms with van der Waals surface area (Å²) >= 11 is 0. The van der Waals surface area contributed by atoms with E-state index in [1.165, 1.54) is 31.9 Å². The molecular formula is C40H51F4N5O6. The number of alkyl halides is 3. The largest absolute Gasteiger partial charge is 0.460 e. The number of aromatic nitrogens is 3. The van der Waals surface area contributed by atoms with Gasteiger partial charge in [0.05, 0.1) is 36.1 Å². The first-order valence-corrected chi connectivity index (χ1v) is 18.5. The zero-order chi connectivity index (χ0) is 40.9. The molecule has 0 spiro atoms. The fourth-order valence-corrected chi connectivity index (χ4v) is 5.79. The maximum atomic E-state index is 13.6. The van der Waals surface area contributed by atoms with Gasteiger partial charge >= 0.3 is 12.1 Å². The highest BCUT2D eigenvalue weighted by molar-refractivity contribution is 5.90. The number of amides is 2. The number of aryl methyl sites for hydroxylation is 1. The third-order valence-electron chi connectivity index (χ3n) is 9.39. The number of hydrogen-bond donors (Lipinski definition) is 3. The molecule has 1 aliphatic carbocycles. The molecule has 3 N–H and O–H groups in total. The van der Waals surface area contributed by atoms with Crippen LogP contribution in [0.15, 0.2) is 47.0 Å². The molecule has 0 aliphatic heterocycles. The number of esters is 1. The molecule has 2 amide bonds. The van der Waals surface area contributed by atoms with Crippen molar-refractivity contribution in [2.45, 2.75) is 106 Å². The molecule has 300 valence electrons. The first-order chi connectivity index (χ1) is 26.0. The third-order valence-corrected chi connectivity index (χ3v) is 9.39. The predicted molar refractivity (Wildman–Crippen MR) is 198 cm³/mol. The van der Waals surface area contributed by atoms with Crippen LogP contribution in [0, 0.1) is 17.2 Å². The van der Waals surface area contributed by atoms with E-state index in [0.29, 0.717) is 30.2 Å². The summed E-state index contributed by atoms with van der Waals surface area (Å²) in [5.74, 6) is -2.08. The number of rotatable bonds is 12. The van der Waals surface area contributed by atoms with Crippen LogP contribution >= 0.6 is 0 Å². The number of H-pyrrole nitrogens is 1. The van der Waals surface area contributed by atoms with Gasteiger partial charge < -0.3 is 24.9 Å². The summed E-state index contributed by atoms with van der Waals surface area (Å²) in [6.07, 6.45) is -0.0340. The summed E-state index contributed by atoms with van der Waals surface area (Å²) in [7, 11) is 0. The van der Waals surface area contributed by atoms with Crippen molar-refractivity contribution in [3.05, 3.63) is 82.4 Å².